The Morgan fingerprint density at radius 2 is 1.95 bits per heavy atom. The highest BCUT2D eigenvalue weighted by atomic mass is 32.2. The zero-order valence-electron chi connectivity index (χ0n) is 12.0. The van der Waals surface area contributed by atoms with Gasteiger partial charge in [-0.3, -0.25) is 0 Å². The molecule has 0 saturated carbocycles. The SMILES string of the molecule is CNCC1CCN(CCSCc2ccccc2)CC1. The molecule has 2 nitrogen and oxygen atoms in total. The third kappa shape index (κ3) is 5.55. The Bertz CT molecular complexity index is 334. The number of hydrogen-bond donors (Lipinski definition) is 1. The number of nitrogens with zero attached hydrogens (tertiary/aromatic N) is 1. The van der Waals surface area contributed by atoms with E-state index in [4.69, 9.17) is 0 Å². The summed E-state index contributed by atoms with van der Waals surface area (Å²) in [6.07, 6.45) is 2.73. The molecule has 0 radical (unpaired) electrons. The Morgan fingerprint density at radius 1 is 1.21 bits per heavy atom. The lowest BCUT2D eigenvalue weighted by Gasteiger charge is -2.31. The van der Waals surface area contributed by atoms with Gasteiger partial charge in [0.1, 0.15) is 0 Å². The Balaban J connectivity index is 1.55. The molecule has 1 aliphatic rings. The number of likely N-dealkylation sites (tertiary alicyclic amines) is 1. The quantitative estimate of drug-likeness (QED) is 0.772. The molecule has 0 spiro atoms. The minimum Gasteiger partial charge on any atom is -0.319 e. The third-order valence-electron chi connectivity index (χ3n) is 3.86. The largest absolute Gasteiger partial charge is 0.319 e. The van der Waals surface area contributed by atoms with Crippen molar-refractivity contribution in [2.45, 2.75) is 18.6 Å². The molecule has 106 valence electrons. The van der Waals surface area contributed by atoms with Gasteiger partial charge in [0.25, 0.3) is 0 Å². The molecule has 0 aromatic heterocycles. The Morgan fingerprint density at radius 3 is 2.63 bits per heavy atom. The second-order valence-electron chi connectivity index (χ2n) is 5.38. The van der Waals surface area contributed by atoms with E-state index in [9.17, 15) is 0 Å². The van der Waals surface area contributed by atoms with Crippen LogP contribution in [0.2, 0.25) is 0 Å². The Hall–Kier alpha value is -0.510. The van der Waals surface area contributed by atoms with E-state index in [0.717, 1.165) is 11.7 Å². The van der Waals surface area contributed by atoms with Gasteiger partial charge in [-0.2, -0.15) is 11.8 Å². The van der Waals surface area contributed by atoms with Gasteiger partial charge < -0.3 is 10.2 Å². The molecule has 3 heteroatoms. The highest BCUT2D eigenvalue weighted by Crippen LogP contribution is 2.17. The van der Waals surface area contributed by atoms with Crippen LogP contribution in [0.25, 0.3) is 0 Å². The molecule has 0 unspecified atom stereocenters. The topological polar surface area (TPSA) is 15.3 Å². The van der Waals surface area contributed by atoms with Gasteiger partial charge in [-0.05, 0) is 51.0 Å². The van der Waals surface area contributed by atoms with Crippen molar-refractivity contribution in [3.8, 4) is 0 Å². The van der Waals surface area contributed by atoms with Crippen molar-refractivity contribution in [3.05, 3.63) is 35.9 Å². The van der Waals surface area contributed by atoms with Crippen molar-refractivity contribution < 1.29 is 0 Å². The summed E-state index contributed by atoms with van der Waals surface area (Å²) >= 11 is 2.06. The third-order valence-corrected chi connectivity index (χ3v) is 4.87. The van der Waals surface area contributed by atoms with Crippen molar-refractivity contribution in [2.24, 2.45) is 5.92 Å². The molecule has 0 aliphatic carbocycles. The number of piperidine rings is 1. The van der Waals surface area contributed by atoms with Crippen LogP contribution in [-0.2, 0) is 5.75 Å². The molecule has 1 N–H and O–H groups in total. The summed E-state index contributed by atoms with van der Waals surface area (Å²) in [6.45, 7) is 5.02. The summed E-state index contributed by atoms with van der Waals surface area (Å²) in [4.78, 5) is 2.63. The highest BCUT2D eigenvalue weighted by molar-refractivity contribution is 7.98. The number of nitrogens with one attached hydrogen (secondary N) is 1. The van der Waals surface area contributed by atoms with Crippen molar-refractivity contribution >= 4 is 11.8 Å². The monoisotopic (exact) mass is 278 g/mol. The fraction of sp³-hybridized carbons (Fsp3) is 0.625. The van der Waals surface area contributed by atoms with Gasteiger partial charge in [-0.25, -0.2) is 0 Å². The average Bonchev–Trinajstić information content (AvgIpc) is 2.47. The van der Waals surface area contributed by atoms with Gasteiger partial charge in [0, 0.05) is 18.1 Å². The van der Waals surface area contributed by atoms with Crippen molar-refractivity contribution in [2.75, 3.05) is 39.0 Å². The van der Waals surface area contributed by atoms with Crippen LogP contribution >= 0.6 is 11.8 Å². The zero-order valence-corrected chi connectivity index (χ0v) is 12.8. The van der Waals surface area contributed by atoms with Crippen molar-refractivity contribution in [1.82, 2.24) is 10.2 Å². The second kappa shape index (κ2) is 8.62. The van der Waals surface area contributed by atoms with Crippen molar-refractivity contribution in [3.63, 3.8) is 0 Å². The highest BCUT2D eigenvalue weighted by Gasteiger charge is 2.17. The van der Waals surface area contributed by atoms with Gasteiger partial charge in [0.05, 0.1) is 0 Å². The lowest BCUT2D eigenvalue weighted by atomic mass is 9.97. The predicted molar refractivity (Wildman–Crippen MR) is 85.7 cm³/mol. The molecule has 1 saturated heterocycles. The van der Waals surface area contributed by atoms with Crippen molar-refractivity contribution in [1.29, 1.82) is 0 Å². The van der Waals surface area contributed by atoms with Gasteiger partial charge in [-0.1, -0.05) is 30.3 Å². The summed E-state index contributed by atoms with van der Waals surface area (Å²) in [5.74, 6) is 3.31. The zero-order chi connectivity index (χ0) is 13.3. The maximum atomic E-state index is 3.30. The molecular weight excluding hydrogens is 252 g/mol. The van der Waals surface area contributed by atoms with E-state index in [1.165, 1.54) is 50.3 Å². The summed E-state index contributed by atoms with van der Waals surface area (Å²) < 4.78 is 0. The van der Waals surface area contributed by atoms with Crippen LogP contribution in [-0.4, -0.2) is 43.9 Å². The first-order valence-electron chi connectivity index (χ1n) is 7.37. The van der Waals surface area contributed by atoms with E-state index >= 15 is 0 Å². The van der Waals surface area contributed by atoms with E-state index in [1.54, 1.807) is 0 Å². The van der Waals surface area contributed by atoms with Gasteiger partial charge >= 0.3 is 0 Å². The van der Waals surface area contributed by atoms with E-state index in [1.807, 2.05) is 0 Å². The lowest BCUT2D eigenvalue weighted by Crippen LogP contribution is -2.37. The first-order valence-corrected chi connectivity index (χ1v) is 8.52. The second-order valence-corrected chi connectivity index (χ2v) is 6.49. The molecule has 0 amide bonds. The molecule has 1 fully saturated rings. The molecule has 2 rings (SSSR count). The van der Waals surface area contributed by atoms with Crippen LogP contribution in [0.3, 0.4) is 0 Å². The summed E-state index contributed by atoms with van der Waals surface area (Å²) in [5.41, 5.74) is 1.44. The van der Waals surface area contributed by atoms with Crippen LogP contribution in [0.4, 0.5) is 0 Å². The van der Waals surface area contributed by atoms with Gasteiger partial charge in [0.15, 0.2) is 0 Å². The molecule has 19 heavy (non-hydrogen) atoms. The molecule has 0 atom stereocenters. The standard InChI is InChI=1S/C16H26N2S/c1-17-13-15-7-9-18(10-8-15)11-12-19-14-16-5-3-2-4-6-16/h2-6,15,17H,7-14H2,1H3. The Kier molecular flexibility index (Phi) is 6.75. The molecule has 1 aromatic carbocycles. The van der Waals surface area contributed by atoms with Gasteiger partial charge in [-0.15, -0.1) is 0 Å². The molecule has 1 aromatic rings. The first-order chi connectivity index (χ1) is 9.38. The normalized spacial score (nSPS) is 17.7. The number of benzene rings is 1. The van der Waals surface area contributed by atoms with E-state index in [2.05, 4.69) is 59.4 Å². The summed E-state index contributed by atoms with van der Waals surface area (Å²) in [6, 6.07) is 10.8. The maximum absolute atomic E-state index is 3.30. The smallest absolute Gasteiger partial charge is 0.0185 e. The van der Waals surface area contributed by atoms with E-state index < -0.39 is 0 Å². The number of thioether (sulfide) groups is 1. The minimum atomic E-state index is 0.901. The fourth-order valence-electron chi connectivity index (χ4n) is 2.66. The average molecular weight is 278 g/mol. The summed E-state index contributed by atoms with van der Waals surface area (Å²) in [7, 11) is 2.06. The number of hydrogen-bond acceptors (Lipinski definition) is 3. The number of rotatable bonds is 7. The van der Waals surface area contributed by atoms with Gasteiger partial charge in [0.2, 0.25) is 0 Å². The maximum Gasteiger partial charge on any atom is 0.0185 e. The summed E-state index contributed by atoms with van der Waals surface area (Å²) in [5, 5.41) is 3.30. The predicted octanol–water partition coefficient (Wildman–Crippen LogP) is 2.85. The van der Waals surface area contributed by atoms with Crippen LogP contribution in [0, 0.1) is 5.92 Å². The minimum absolute atomic E-state index is 0.901. The van der Waals surface area contributed by atoms with Crippen LogP contribution in [0.1, 0.15) is 18.4 Å². The first kappa shape index (κ1) is 14.9. The van der Waals surface area contributed by atoms with E-state index in [-0.39, 0.29) is 0 Å². The molecule has 1 aliphatic heterocycles. The lowest BCUT2D eigenvalue weighted by molar-refractivity contribution is 0.193. The fourth-order valence-corrected chi connectivity index (χ4v) is 3.62. The van der Waals surface area contributed by atoms with Crippen LogP contribution in [0.15, 0.2) is 30.3 Å². The molecular formula is C16H26N2S. The Labute approximate surface area is 122 Å². The molecule has 0 bridgehead atoms. The van der Waals surface area contributed by atoms with E-state index in [0.29, 0.717) is 0 Å². The molecule has 1 heterocycles. The van der Waals surface area contributed by atoms with Crippen LogP contribution in [0.5, 0.6) is 0 Å². The van der Waals surface area contributed by atoms with Crippen LogP contribution < -0.4 is 5.32 Å².